The summed E-state index contributed by atoms with van der Waals surface area (Å²) in [4.78, 5) is 4.05. The highest BCUT2D eigenvalue weighted by molar-refractivity contribution is 7.80. The molecule has 3 N–H and O–H groups in total. The molecule has 2 aromatic rings. The molecule has 29 heavy (non-hydrogen) atoms. The van der Waals surface area contributed by atoms with Crippen LogP contribution in [0.3, 0.4) is 0 Å². The van der Waals surface area contributed by atoms with E-state index in [2.05, 4.69) is 27.6 Å². The minimum absolute atomic E-state index is 0.0154. The summed E-state index contributed by atoms with van der Waals surface area (Å²) < 4.78 is 29.0. The average Bonchev–Trinajstić information content (AvgIpc) is 3.16. The Labute approximate surface area is 179 Å². The number of benzene rings is 2. The van der Waals surface area contributed by atoms with E-state index in [0.717, 1.165) is 29.3 Å². The molecule has 1 saturated heterocycles. The molecule has 0 spiro atoms. The van der Waals surface area contributed by atoms with Crippen LogP contribution in [0.4, 0.5) is 14.5 Å². The van der Waals surface area contributed by atoms with Gasteiger partial charge in [-0.1, -0.05) is 29.8 Å². The third-order valence-electron chi connectivity index (χ3n) is 4.95. The second kappa shape index (κ2) is 9.47. The Morgan fingerprint density at radius 2 is 2.14 bits per heavy atom. The Kier molecular flexibility index (Phi) is 7.00. The van der Waals surface area contributed by atoms with Crippen LogP contribution in [-0.4, -0.2) is 42.4 Å². The Hall–Kier alpha value is -2.29. The van der Waals surface area contributed by atoms with Crippen molar-refractivity contribution in [2.24, 2.45) is 10.8 Å². The number of anilines is 1. The molecule has 0 amide bonds. The summed E-state index contributed by atoms with van der Waals surface area (Å²) >= 11 is 10.9. The molecule has 1 atom stereocenters. The molecule has 1 heterocycles. The molecule has 0 unspecified atom stereocenters. The highest BCUT2D eigenvalue weighted by Crippen LogP contribution is 2.28. The quantitative estimate of drug-likeness (QED) is 0.411. The van der Waals surface area contributed by atoms with Gasteiger partial charge in [0.1, 0.15) is 11.6 Å². The van der Waals surface area contributed by atoms with E-state index in [1.807, 2.05) is 36.2 Å². The molecule has 2 aromatic carbocycles. The van der Waals surface area contributed by atoms with Gasteiger partial charge in [0.2, 0.25) is 0 Å². The van der Waals surface area contributed by atoms with Gasteiger partial charge in [-0.25, -0.2) is 8.78 Å². The van der Waals surface area contributed by atoms with Crippen LogP contribution in [0, 0.1) is 11.6 Å². The van der Waals surface area contributed by atoms with Crippen molar-refractivity contribution in [1.82, 2.24) is 10.3 Å². The predicted octanol–water partition coefficient (Wildman–Crippen LogP) is 3.50. The highest BCUT2D eigenvalue weighted by atomic mass is 35.5. The van der Waals surface area contributed by atoms with E-state index in [4.69, 9.17) is 17.3 Å². The van der Waals surface area contributed by atoms with Gasteiger partial charge >= 0.3 is 0 Å². The van der Waals surface area contributed by atoms with Gasteiger partial charge in [0.25, 0.3) is 0 Å². The van der Waals surface area contributed by atoms with Crippen LogP contribution in [-0.2, 0) is 6.54 Å². The molecule has 3 rings (SSSR count). The highest BCUT2D eigenvalue weighted by Gasteiger charge is 2.28. The second-order valence-corrected chi connectivity index (χ2v) is 7.80. The Bertz CT molecular complexity index is 924. The van der Waals surface area contributed by atoms with Gasteiger partial charge in [0.15, 0.2) is 5.11 Å². The lowest BCUT2D eigenvalue weighted by atomic mass is 10.1. The summed E-state index contributed by atoms with van der Waals surface area (Å²) in [6.07, 6.45) is 1.99. The molecule has 0 bridgehead atoms. The van der Waals surface area contributed by atoms with Crippen LogP contribution in [0.25, 0.3) is 0 Å². The van der Waals surface area contributed by atoms with Gasteiger partial charge in [0, 0.05) is 42.3 Å². The molecule has 0 saturated carbocycles. The van der Waals surface area contributed by atoms with Gasteiger partial charge in [-0.05, 0) is 43.4 Å². The molecule has 1 fully saturated rings. The lowest BCUT2D eigenvalue weighted by Crippen LogP contribution is -2.34. The van der Waals surface area contributed by atoms with Crippen molar-refractivity contribution in [3.05, 3.63) is 64.2 Å². The summed E-state index contributed by atoms with van der Waals surface area (Å²) in [6, 6.07) is 10.2. The first kappa shape index (κ1) is 21.4. The van der Waals surface area contributed by atoms with Crippen molar-refractivity contribution in [2.75, 3.05) is 25.0 Å². The fourth-order valence-electron chi connectivity index (χ4n) is 3.40. The molecule has 0 aromatic heterocycles. The molecule has 0 aliphatic carbocycles. The normalized spacial score (nSPS) is 16.7. The topological polar surface area (TPSA) is 56.9 Å². The number of hydrogen-bond acceptors (Lipinski definition) is 4. The molecule has 1 aliphatic heterocycles. The summed E-state index contributed by atoms with van der Waals surface area (Å²) in [5, 5.41) is 4.35. The van der Waals surface area contributed by atoms with Crippen LogP contribution >= 0.6 is 23.8 Å². The lowest BCUT2D eigenvalue weighted by Gasteiger charge is -2.26. The van der Waals surface area contributed by atoms with E-state index in [1.54, 1.807) is 0 Å². The first-order chi connectivity index (χ1) is 13.8. The van der Waals surface area contributed by atoms with E-state index in [9.17, 15) is 8.78 Å². The SMILES string of the molecule is CN(Cc1ccccc1Cl)[C@H]1CCN(c2cc(F)c(C=NNC(N)=S)cc2F)C1. The fraction of sp³-hybridized carbons (Fsp3) is 0.300. The number of likely N-dealkylation sites (N-methyl/N-ethyl adjacent to an activating group) is 1. The largest absolute Gasteiger partial charge is 0.375 e. The van der Waals surface area contributed by atoms with Crippen LogP contribution in [0.2, 0.25) is 5.02 Å². The number of hydrogen-bond donors (Lipinski definition) is 2. The smallest absolute Gasteiger partial charge is 0.184 e. The van der Waals surface area contributed by atoms with Crippen molar-refractivity contribution < 1.29 is 8.78 Å². The van der Waals surface area contributed by atoms with Gasteiger partial charge in [0.05, 0.1) is 11.9 Å². The summed E-state index contributed by atoms with van der Waals surface area (Å²) in [5.41, 5.74) is 8.87. The van der Waals surface area contributed by atoms with E-state index < -0.39 is 11.6 Å². The molecule has 1 aliphatic rings. The Morgan fingerprint density at radius 3 is 2.86 bits per heavy atom. The Morgan fingerprint density at radius 1 is 1.38 bits per heavy atom. The summed E-state index contributed by atoms with van der Waals surface area (Å²) in [5.74, 6) is -1.07. The maximum atomic E-state index is 14.6. The number of rotatable bonds is 6. The van der Waals surface area contributed by atoms with Crippen molar-refractivity contribution in [1.29, 1.82) is 0 Å². The molecule has 0 radical (unpaired) electrons. The molecule has 9 heteroatoms. The average molecular weight is 438 g/mol. The van der Waals surface area contributed by atoms with Gasteiger partial charge in [-0.3, -0.25) is 10.3 Å². The van der Waals surface area contributed by atoms with Crippen molar-refractivity contribution >= 4 is 40.8 Å². The lowest BCUT2D eigenvalue weighted by molar-refractivity contribution is 0.250. The number of halogens is 3. The van der Waals surface area contributed by atoms with E-state index in [1.165, 1.54) is 6.07 Å². The number of nitrogens with two attached hydrogens (primary N) is 1. The zero-order chi connectivity index (χ0) is 21.0. The zero-order valence-electron chi connectivity index (χ0n) is 15.9. The van der Waals surface area contributed by atoms with Crippen molar-refractivity contribution in [3.8, 4) is 0 Å². The predicted molar refractivity (Wildman–Crippen MR) is 117 cm³/mol. The number of nitrogens with one attached hydrogen (secondary N) is 1. The van der Waals surface area contributed by atoms with E-state index in [-0.39, 0.29) is 22.4 Å². The number of hydrazone groups is 1. The summed E-state index contributed by atoms with van der Waals surface area (Å²) in [6.45, 7) is 1.94. The minimum Gasteiger partial charge on any atom is -0.375 e. The third-order valence-corrected chi connectivity index (χ3v) is 5.41. The van der Waals surface area contributed by atoms with E-state index >= 15 is 0 Å². The van der Waals surface area contributed by atoms with Crippen LogP contribution < -0.4 is 16.1 Å². The minimum atomic E-state index is -0.567. The zero-order valence-corrected chi connectivity index (χ0v) is 17.5. The monoisotopic (exact) mass is 437 g/mol. The number of thiocarbonyl (C=S) groups is 1. The maximum absolute atomic E-state index is 14.6. The number of nitrogens with zero attached hydrogens (tertiary/aromatic N) is 3. The Balaban J connectivity index is 1.68. The molecular weight excluding hydrogens is 416 g/mol. The summed E-state index contributed by atoms with van der Waals surface area (Å²) in [7, 11) is 2.02. The van der Waals surface area contributed by atoms with Gasteiger partial charge < -0.3 is 10.6 Å². The molecule has 5 nitrogen and oxygen atoms in total. The third kappa shape index (κ3) is 5.41. The maximum Gasteiger partial charge on any atom is 0.184 e. The van der Waals surface area contributed by atoms with Crippen LogP contribution in [0.1, 0.15) is 17.5 Å². The van der Waals surface area contributed by atoms with Crippen molar-refractivity contribution in [2.45, 2.75) is 19.0 Å². The van der Waals surface area contributed by atoms with Gasteiger partial charge in [-0.15, -0.1) is 0 Å². The first-order valence-corrected chi connectivity index (χ1v) is 9.90. The molecular formula is C20H22ClF2N5S. The van der Waals surface area contributed by atoms with E-state index in [0.29, 0.717) is 19.6 Å². The van der Waals surface area contributed by atoms with Crippen molar-refractivity contribution in [3.63, 3.8) is 0 Å². The fourth-order valence-corrected chi connectivity index (χ4v) is 3.65. The van der Waals surface area contributed by atoms with Gasteiger partial charge in [-0.2, -0.15) is 5.10 Å². The van der Waals surface area contributed by atoms with Crippen LogP contribution in [0.5, 0.6) is 0 Å². The van der Waals surface area contributed by atoms with Crippen LogP contribution in [0.15, 0.2) is 41.5 Å². The first-order valence-electron chi connectivity index (χ1n) is 9.11. The second-order valence-electron chi connectivity index (χ2n) is 6.95. The molecule has 154 valence electrons. The standard InChI is InChI=1S/C20H22ClF2N5S/c1-27(11-13-4-2-3-5-16(13)21)15-6-7-28(12-15)19-9-17(22)14(8-18(19)23)10-25-26-20(24)29/h2-5,8-10,15H,6-7,11-12H2,1H3,(H3,24,26,29)/t15-/m0/s1.